The molecule has 3 heterocycles. The van der Waals surface area contributed by atoms with E-state index in [2.05, 4.69) is 5.32 Å². The first-order valence-corrected chi connectivity index (χ1v) is 11.6. The lowest BCUT2D eigenvalue weighted by Crippen LogP contribution is -2.68. The minimum atomic E-state index is -1.92. The van der Waals surface area contributed by atoms with Crippen molar-refractivity contribution in [2.24, 2.45) is 0 Å². The Labute approximate surface area is 210 Å². The summed E-state index contributed by atoms with van der Waals surface area (Å²) in [5.74, 6) is -0.637. The van der Waals surface area contributed by atoms with E-state index in [0.717, 1.165) is 6.92 Å². The SMILES string of the molecule is CC(=O)N[C@H]1[C@@H](O[C@@H]2[C@H](O)[C@@H](O)[C@H](O[C@H]3[C@H](O)[C@@H](O)[C@@H](O)O[C@@H]3CO)O[C@@H]2CO)O[C@H](CO)[C@H](O)[C@@H]1O. The van der Waals surface area contributed by atoms with E-state index in [0.29, 0.717) is 0 Å². The zero-order chi connectivity index (χ0) is 27.6. The first-order valence-electron chi connectivity index (χ1n) is 11.6. The molecule has 3 rings (SSSR count). The van der Waals surface area contributed by atoms with Gasteiger partial charge in [0.05, 0.1) is 19.8 Å². The first-order chi connectivity index (χ1) is 17.4. The molecule has 1 amide bonds. The van der Waals surface area contributed by atoms with Crippen molar-refractivity contribution >= 4 is 5.91 Å². The monoisotopic (exact) mass is 545 g/mol. The summed E-state index contributed by atoms with van der Waals surface area (Å²) in [5.41, 5.74) is 0. The van der Waals surface area contributed by atoms with Gasteiger partial charge < -0.3 is 80.1 Å². The van der Waals surface area contributed by atoms with E-state index in [1.165, 1.54) is 0 Å². The predicted molar refractivity (Wildman–Crippen MR) is 113 cm³/mol. The van der Waals surface area contributed by atoms with Gasteiger partial charge in [-0.2, -0.15) is 0 Å². The van der Waals surface area contributed by atoms with Crippen LogP contribution in [0.3, 0.4) is 0 Å². The lowest BCUT2D eigenvalue weighted by Gasteiger charge is -2.48. The maximum atomic E-state index is 11.6. The molecule has 0 aromatic rings. The molecule has 3 saturated heterocycles. The smallest absolute Gasteiger partial charge is 0.217 e. The highest BCUT2D eigenvalue weighted by atomic mass is 16.7. The minimum absolute atomic E-state index is 0.637. The van der Waals surface area contributed by atoms with Crippen LogP contribution < -0.4 is 5.32 Å². The third kappa shape index (κ3) is 6.38. The van der Waals surface area contributed by atoms with Crippen LogP contribution in [0.4, 0.5) is 0 Å². The normalized spacial score (nSPS) is 49.0. The molecule has 216 valence electrons. The Morgan fingerprint density at radius 1 is 0.649 bits per heavy atom. The molecule has 0 aromatic heterocycles. The van der Waals surface area contributed by atoms with Crippen LogP contribution in [0.1, 0.15) is 6.92 Å². The van der Waals surface area contributed by atoms with E-state index in [1.807, 2.05) is 0 Å². The third-order valence-electron chi connectivity index (χ3n) is 6.49. The molecule has 0 spiro atoms. The molecule has 15 atom stereocenters. The van der Waals surface area contributed by atoms with E-state index in [9.17, 15) is 55.9 Å². The van der Waals surface area contributed by atoms with Crippen molar-refractivity contribution in [1.29, 1.82) is 0 Å². The summed E-state index contributed by atoms with van der Waals surface area (Å²) in [6, 6.07) is -1.39. The lowest BCUT2D eigenvalue weighted by atomic mass is 9.95. The summed E-state index contributed by atoms with van der Waals surface area (Å²) in [5, 5.41) is 103. The molecule has 17 heteroatoms. The van der Waals surface area contributed by atoms with Crippen molar-refractivity contribution < 1.29 is 79.5 Å². The van der Waals surface area contributed by atoms with Gasteiger partial charge in [0.1, 0.15) is 73.2 Å². The van der Waals surface area contributed by atoms with Gasteiger partial charge in [-0.15, -0.1) is 0 Å². The number of aliphatic hydroxyl groups excluding tert-OH is 10. The fraction of sp³-hybridized carbons (Fsp3) is 0.950. The second kappa shape index (κ2) is 12.8. The molecule has 3 aliphatic rings. The van der Waals surface area contributed by atoms with Crippen LogP contribution in [0.25, 0.3) is 0 Å². The molecular formula is C20H35NO16. The van der Waals surface area contributed by atoms with E-state index in [-0.39, 0.29) is 0 Å². The number of rotatable bonds is 8. The predicted octanol–water partition coefficient (Wildman–Crippen LogP) is -7.43. The summed E-state index contributed by atoms with van der Waals surface area (Å²) >= 11 is 0. The van der Waals surface area contributed by atoms with Gasteiger partial charge in [-0.25, -0.2) is 0 Å². The number of hydrogen-bond acceptors (Lipinski definition) is 16. The fourth-order valence-corrected chi connectivity index (χ4v) is 4.46. The van der Waals surface area contributed by atoms with Crippen molar-refractivity contribution in [3.05, 3.63) is 0 Å². The van der Waals surface area contributed by atoms with Crippen LogP contribution >= 0.6 is 0 Å². The van der Waals surface area contributed by atoms with Crippen LogP contribution in [0, 0.1) is 0 Å². The highest BCUT2D eigenvalue weighted by Gasteiger charge is 2.53. The largest absolute Gasteiger partial charge is 0.394 e. The fourth-order valence-electron chi connectivity index (χ4n) is 4.46. The average molecular weight is 545 g/mol. The molecule has 3 aliphatic heterocycles. The van der Waals surface area contributed by atoms with Gasteiger partial charge in [-0.1, -0.05) is 0 Å². The molecule has 11 N–H and O–H groups in total. The maximum absolute atomic E-state index is 11.6. The Bertz CT molecular complexity index is 743. The Morgan fingerprint density at radius 2 is 1.14 bits per heavy atom. The molecule has 0 unspecified atom stereocenters. The van der Waals surface area contributed by atoms with Crippen molar-refractivity contribution in [3.8, 4) is 0 Å². The van der Waals surface area contributed by atoms with E-state index in [4.69, 9.17) is 23.7 Å². The zero-order valence-electron chi connectivity index (χ0n) is 19.7. The Kier molecular flexibility index (Phi) is 10.5. The number of carbonyl (C=O) groups is 1. The van der Waals surface area contributed by atoms with Gasteiger partial charge >= 0.3 is 0 Å². The number of carbonyl (C=O) groups excluding carboxylic acids is 1. The second-order valence-electron chi connectivity index (χ2n) is 9.07. The number of hydrogen-bond donors (Lipinski definition) is 11. The molecule has 0 bridgehead atoms. The first kappa shape index (κ1) is 30.4. The van der Waals surface area contributed by atoms with Crippen molar-refractivity contribution in [1.82, 2.24) is 5.32 Å². The Hall–Kier alpha value is -1.13. The Balaban J connectivity index is 1.77. The van der Waals surface area contributed by atoms with Crippen LogP contribution in [-0.2, 0) is 28.5 Å². The summed E-state index contributed by atoms with van der Waals surface area (Å²) in [7, 11) is 0. The molecular weight excluding hydrogens is 510 g/mol. The molecule has 17 nitrogen and oxygen atoms in total. The van der Waals surface area contributed by atoms with E-state index in [1.54, 1.807) is 0 Å². The van der Waals surface area contributed by atoms with Crippen molar-refractivity contribution in [2.45, 2.75) is 99.0 Å². The number of amides is 1. The van der Waals surface area contributed by atoms with E-state index < -0.39 is 118 Å². The van der Waals surface area contributed by atoms with Crippen molar-refractivity contribution in [2.75, 3.05) is 19.8 Å². The molecule has 0 aliphatic carbocycles. The van der Waals surface area contributed by atoms with Crippen LogP contribution in [0.15, 0.2) is 0 Å². The zero-order valence-corrected chi connectivity index (χ0v) is 19.7. The van der Waals surface area contributed by atoms with Crippen LogP contribution in [-0.4, -0.2) is 169 Å². The summed E-state index contributed by atoms with van der Waals surface area (Å²) in [4.78, 5) is 11.6. The topological polar surface area (TPSA) is 278 Å². The van der Waals surface area contributed by atoms with E-state index >= 15 is 0 Å². The van der Waals surface area contributed by atoms with Gasteiger partial charge in [-0.3, -0.25) is 4.79 Å². The quantitative estimate of drug-likeness (QED) is 0.135. The van der Waals surface area contributed by atoms with Gasteiger partial charge in [0, 0.05) is 6.92 Å². The summed E-state index contributed by atoms with van der Waals surface area (Å²) < 4.78 is 27.0. The molecule has 3 fully saturated rings. The average Bonchev–Trinajstić information content (AvgIpc) is 2.87. The standard InChI is InChI=1S/C20H35NO16/c1-5(25)21-9-11(27)10(26)6(2-22)34-19(9)36-17-8(4-24)35-20(15(31)13(17)29)37-16-7(3-23)33-18(32)14(30)12(16)28/h6-20,22-24,26-32H,2-4H2,1H3,(H,21,25)/t6-,7-,8-,9-,10+,11-,12-,13-,14-,15-,16-,17+,18+,19-,20+/m1/s1. The van der Waals surface area contributed by atoms with Gasteiger partial charge in [0.15, 0.2) is 18.9 Å². The number of ether oxygens (including phenoxy) is 5. The lowest BCUT2D eigenvalue weighted by molar-refractivity contribution is -0.372. The number of nitrogens with one attached hydrogen (secondary N) is 1. The van der Waals surface area contributed by atoms with Gasteiger partial charge in [-0.05, 0) is 0 Å². The maximum Gasteiger partial charge on any atom is 0.217 e. The summed E-state index contributed by atoms with van der Waals surface area (Å²) in [6.07, 6.45) is -23.1. The molecule has 0 radical (unpaired) electrons. The molecule has 37 heavy (non-hydrogen) atoms. The molecule has 0 aromatic carbocycles. The minimum Gasteiger partial charge on any atom is -0.394 e. The summed E-state index contributed by atoms with van der Waals surface area (Å²) in [6.45, 7) is -1.21. The highest BCUT2D eigenvalue weighted by Crippen LogP contribution is 2.32. The second-order valence-corrected chi connectivity index (χ2v) is 9.07. The third-order valence-corrected chi connectivity index (χ3v) is 6.49. The number of aliphatic hydroxyl groups is 10. The van der Waals surface area contributed by atoms with Crippen LogP contribution in [0.5, 0.6) is 0 Å². The van der Waals surface area contributed by atoms with Crippen LogP contribution in [0.2, 0.25) is 0 Å². The van der Waals surface area contributed by atoms with Gasteiger partial charge in [0.2, 0.25) is 5.91 Å². The van der Waals surface area contributed by atoms with Gasteiger partial charge in [0.25, 0.3) is 0 Å². The van der Waals surface area contributed by atoms with Crippen molar-refractivity contribution in [3.63, 3.8) is 0 Å². The highest BCUT2D eigenvalue weighted by molar-refractivity contribution is 5.73. The Morgan fingerprint density at radius 3 is 1.68 bits per heavy atom. The molecule has 0 saturated carbocycles.